The number of carbonyl (C=O) groups excluding carboxylic acids is 1. The van der Waals surface area contributed by atoms with Crippen molar-refractivity contribution in [3.05, 3.63) is 72.1 Å². The summed E-state index contributed by atoms with van der Waals surface area (Å²) in [7, 11) is 0. The standard InChI is InChI=1S/C15H15O.CH4N2O2.K/c1-2-13-8-10-15(11-9-13)16-12-14-6-4-3-5-7-14;2-1(4)3-5;/h2-11H,12H2,1H3;5H,(H3,2,3,4);/q-1;;+1. The topological polar surface area (TPSA) is 84.6 Å². The number of hydrogen-bond donors (Lipinski definition) is 3. The molecule has 2 amide bonds. The van der Waals surface area contributed by atoms with Crippen LogP contribution in [0.1, 0.15) is 18.1 Å². The summed E-state index contributed by atoms with van der Waals surface area (Å²) < 4.78 is 5.68. The largest absolute Gasteiger partial charge is 1.00 e. The van der Waals surface area contributed by atoms with E-state index in [1.807, 2.05) is 37.3 Å². The number of ether oxygens (including phenoxy) is 1. The van der Waals surface area contributed by atoms with E-state index in [4.69, 9.17) is 9.94 Å². The number of hydrogen-bond acceptors (Lipinski definition) is 3. The van der Waals surface area contributed by atoms with Crippen molar-refractivity contribution in [1.82, 2.24) is 5.48 Å². The minimum Gasteiger partial charge on any atom is -0.491 e. The first-order chi connectivity index (χ1) is 10.2. The molecule has 0 unspecified atom stereocenters. The number of rotatable bonds is 4. The van der Waals surface area contributed by atoms with Gasteiger partial charge in [0, 0.05) is 0 Å². The molecule has 0 aromatic heterocycles. The van der Waals surface area contributed by atoms with Crippen molar-refractivity contribution >= 4 is 6.03 Å². The Morgan fingerprint density at radius 2 is 1.73 bits per heavy atom. The molecule has 4 N–H and O–H groups in total. The van der Waals surface area contributed by atoms with Gasteiger partial charge < -0.3 is 10.5 Å². The monoisotopic (exact) mass is 326 g/mol. The Bertz CT molecular complexity index is 533. The third-order valence-electron chi connectivity index (χ3n) is 2.57. The summed E-state index contributed by atoms with van der Waals surface area (Å²) >= 11 is 0. The van der Waals surface area contributed by atoms with Gasteiger partial charge in [0.25, 0.3) is 0 Å². The van der Waals surface area contributed by atoms with Gasteiger partial charge in [-0.2, -0.15) is 24.1 Å². The number of benzene rings is 2. The molecule has 22 heavy (non-hydrogen) atoms. The zero-order valence-corrected chi connectivity index (χ0v) is 15.9. The van der Waals surface area contributed by atoms with Crippen molar-refractivity contribution in [2.24, 2.45) is 5.73 Å². The van der Waals surface area contributed by atoms with E-state index in [0.29, 0.717) is 6.61 Å². The molecule has 0 saturated carbocycles. The number of amides is 2. The summed E-state index contributed by atoms with van der Waals surface area (Å²) in [5.41, 5.74) is 7.86. The number of nitrogens with two attached hydrogens (primary N) is 1. The van der Waals surface area contributed by atoms with Gasteiger partial charge in [0.2, 0.25) is 0 Å². The fourth-order valence-corrected chi connectivity index (χ4v) is 1.50. The van der Waals surface area contributed by atoms with Gasteiger partial charge in [0.05, 0.1) is 5.75 Å². The molecule has 0 aliphatic heterocycles. The van der Waals surface area contributed by atoms with Crippen LogP contribution in [0.5, 0.6) is 5.75 Å². The second kappa shape index (κ2) is 12.5. The Morgan fingerprint density at radius 3 is 2.18 bits per heavy atom. The molecule has 0 fully saturated rings. The molecule has 0 heterocycles. The molecular weight excluding hydrogens is 307 g/mol. The van der Waals surface area contributed by atoms with Gasteiger partial charge in [-0.05, 0) is 5.56 Å². The summed E-state index contributed by atoms with van der Waals surface area (Å²) in [6.45, 7) is 2.65. The number of urea groups is 1. The molecule has 0 saturated heterocycles. The van der Waals surface area contributed by atoms with E-state index in [9.17, 15) is 4.79 Å². The van der Waals surface area contributed by atoms with Crippen molar-refractivity contribution in [1.29, 1.82) is 0 Å². The summed E-state index contributed by atoms with van der Waals surface area (Å²) in [5, 5.41) is 7.42. The second-order valence-electron chi connectivity index (χ2n) is 4.11. The third-order valence-corrected chi connectivity index (χ3v) is 2.57. The van der Waals surface area contributed by atoms with Crippen LogP contribution in [0.25, 0.3) is 0 Å². The quantitative estimate of drug-likeness (QED) is 0.317. The normalized spacial score (nSPS) is 8.64. The van der Waals surface area contributed by atoms with E-state index in [1.165, 1.54) is 16.6 Å². The van der Waals surface area contributed by atoms with Gasteiger partial charge >= 0.3 is 57.4 Å². The van der Waals surface area contributed by atoms with Crippen molar-refractivity contribution in [2.75, 3.05) is 0 Å². The molecular formula is C16H19KN2O3. The van der Waals surface area contributed by atoms with Crippen LogP contribution in [0.3, 0.4) is 0 Å². The predicted octanol–water partition coefficient (Wildman–Crippen LogP) is -0.114. The van der Waals surface area contributed by atoms with Gasteiger partial charge in [0.15, 0.2) is 0 Å². The van der Waals surface area contributed by atoms with Crippen LogP contribution in [-0.2, 0) is 6.61 Å². The van der Waals surface area contributed by atoms with Gasteiger partial charge in [-0.15, -0.1) is 0 Å². The predicted molar refractivity (Wildman–Crippen MR) is 80.8 cm³/mol. The Morgan fingerprint density at radius 1 is 1.18 bits per heavy atom. The molecule has 0 bridgehead atoms. The number of primary amides is 1. The smallest absolute Gasteiger partial charge is 0.491 e. The van der Waals surface area contributed by atoms with Gasteiger partial charge in [0.1, 0.15) is 6.61 Å². The van der Waals surface area contributed by atoms with E-state index < -0.39 is 6.03 Å². The summed E-state index contributed by atoms with van der Waals surface area (Å²) in [5.74, 6) is 0.912. The summed E-state index contributed by atoms with van der Waals surface area (Å²) in [6.07, 6.45) is 2.07. The van der Waals surface area contributed by atoms with Crippen LogP contribution in [-0.4, -0.2) is 11.2 Å². The molecule has 0 aliphatic carbocycles. The van der Waals surface area contributed by atoms with E-state index in [-0.39, 0.29) is 51.4 Å². The average molecular weight is 326 g/mol. The molecule has 2 rings (SSSR count). The summed E-state index contributed by atoms with van der Waals surface area (Å²) in [4.78, 5) is 9.23. The zero-order valence-electron chi connectivity index (χ0n) is 12.8. The molecule has 0 spiro atoms. The summed E-state index contributed by atoms with van der Waals surface area (Å²) in [6, 6.07) is 17.3. The van der Waals surface area contributed by atoms with Gasteiger partial charge in [-0.3, -0.25) is 5.21 Å². The van der Waals surface area contributed by atoms with Crippen LogP contribution in [0.15, 0.2) is 54.6 Å². The maximum absolute atomic E-state index is 9.23. The van der Waals surface area contributed by atoms with Crippen molar-refractivity contribution < 1.29 is 66.1 Å². The van der Waals surface area contributed by atoms with E-state index in [0.717, 1.165) is 5.75 Å². The SMILES string of the molecule is C[CH-]c1ccc(OCc2ccccc2)cc1.NC(=O)NO.[K+]. The maximum Gasteiger partial charge on any atom is 1.00 e. The van der Waals surface area contributed by atoms with Crippen molar-refractivity contribution in [3.63, 3.8) is 0 Å². The van der Waals surface area contributed by atoms with E-state index in [1.54, 1.807) is 0 Å². The minimum atomic E-state index is -0.940. The average Bonchev–Trinajstić information content (AvgIpc) is 2.55. The van der Waals surface area contributed by atoms with Crippen LogP contribution < -0.4 is 67.3 Å². The molecule has 0 atom stereocenters. The Labute approximate surface area is 173 Å². The van der Waals surface area contributed by atoms with Crippen LogP contribution in [0.4, 0.5) is 4.79 Å². The Balaban J connectivity index is 0.000000644. The van der Waals surface area contributed by atoms with Crippen molar-refractivity contribution in [3.8, 4) is 5.75 Å². The first-order valence-corrected chi connectivity index (χ1v) is 6.41. The second-order valence-corrected chi connectivity index (χ2v) is 4.11. The van der Waals surface area contributed by atoms with Crippen molar-refractivity contribution in [2.45, 2.75) is 13.5 Å². The first kappa shape index (κ1) is 21.0. The fraction of sp³-hybridized carbons (Fsp3) is 0.125. The fourth-order valence-electron chi connectivity index (χ4n) is 1.50. The molecule has 0 radical (unpaired) electrons. The first-order valence-electron chi connectivity index (χ1n) is 6.41. The maximum atomic E-state index is 9.23. The molecule has 5 nitrogen and oxygen atoms in total. The van der Waals surface area contributed by atoms with Gasteiger partial charge in [-0.25, -0.2) is 10.3 Å². The molecule has 2 aromatic carbocycles. The Hall–Kier alpha value is -1.02. The number of carbonyl (C=O) groups is 1. The molecule has 0 aliphatic rings. The number of nitrogens with one attached hydrogen (secondary N) is 1. The third kappa shape index (κ3) is 9.09. The minimum absolute atomic E-state index is 0. The Kier molecular flexibility index (Phi) is 11.9. The van der Waals surface area contributed by atoms with Crippen LogP contribution >= 0.6 is 0 Å². The van der Waals surface area contributed by atoms with Crippen LogP contribution in [0, 0.1) is 6.42 Å². The van der Waals surface area contributed by atoms with E-state index >= 15 is 0 Å². The molecule has 2 aromatic rings. The zero-order chi connectivity index (χ0) is 15.5. The number of hydroxylamine groups is 1. The molecule has 6 heteroatoms. The van der Waals surface area contributed by atoms with Gasteiger partial charge in [-0.1, -0.05) is 49.4 Å². The molecule has 112 valence electrons. The van der Waals surface area contributed by atoms with Crippen LogP contribution in [0.2, 0.25) is 0 Å². The van der Waals surface area contributed by atoms with E-state index in [2.05, 4.69) is 36.4 Å².